The molecule has 0 atom stereocenters. The predicted molar refractivity (Wildman–Crippen MR) is 99.3 cm³/mol. The van der Waals surface area contributed by atoms with Crippen LogP contribution >= 0.6 is 0 Å². The van der Waals surface area contributed by atoms with Gasteiger partial charge in [0.05, 0.1) is 19.9 Å². The van der Waals surface area contributed by atoms with Crippen LogP contribution in [0, 0.1) is 20.8 Å². The Hall–Kier alpha value is -2.18. The average molecular weight is 342 g/mol. The van der Waals surface area contributed by atoms with E-state index >= 15 is 0 Å². The summed E-state index contributed by atoms with van der Waals surface area (Å²) in [5, 5.41) is 9.37. The van der Waals surface area contributed by atoms with Crippen LogP contribution in [0.15, 0.2) is 23.0 Å². The van der Waals surface area contributed by atoms with Crippen molar-refractivity contribution in [1.29, 1.82) is 0 Å². The van der Waals surface area contributed by atoms with E-state index in [-0.39, 0.29) is 12.2 Å². The summed E-state index contributed by atoms with van der Waals surface area (Å²) < 4.78 is 1.73. The molecule has 25 heavy (non-hydrogen) atoms. The number of rotatable bonds is 4. The standard InChI is InChI=1S/C19H26N4O2/c1-5-16-15(4)20-19-22(17-8-6-7-13(2)14(17)3)11-21(9-10-24)12-23(19)18(16)25/h6-8,24H,5,9-12H2,1-4H3. The first-order valence-corrected chi connectivity index (χ1v) is 8.75. The molecule has 1 aromatic heterocycles. The molecule has 0 unspecified atom stereocenters. The van der Waals surface area contributed by atoms with E-state index in [1.165, 1.54) is 11.1 Å². The largest absolute Gasteiger partial charge is 0.395 e. The topological polar surface area (TPSA) is 61.6 Å². The Morgan fingerprint density at radius 2 is 1.96 bits per heavy atom. The van der Waals surface area contributed by atoms with E-state index in [9.17, 15) is 9.90 Å². The van der Waals surface area contributed by atoms with Gasteiger partial charge in [0, 0.05) is 23.5 Å². The van der Waals surface area contributed by atoms with Crippen LogP contribution in [0.25, 0.3) is 0 Å². The quantitative estimate of drug-likeness (QED) is 0.922. The molecule has 1 aliphatic heterocycles. The van der Waals surface area contributed by atoms with E-state index in [0.717, 1.165) is 16.9 Å². The van der Waals surface area contributed by atoms with Crippen molar-refractivity contribution in [2.75, 3.05) is 24.7 Å². The van der Waals surface area contributed by atoms with E-state index in [1.54, 1.807) is 4.57 Å². The summed E-state index contributed by atoms with van der Waals surface area (Å²) in [7, 11) is 0. The van der Waals surface area contributed by atoms with E-state index < -0.39 is 0 Å². The number of fused-ring (bicyclic) bond motifs is 1. The Balaban J connectivity index is 2.20. The average Bonchev–Trinajstić information content (AvgIpc) is 2.58. The predicted octanol–water partition coefficient (Wildman–Crippen LogP) is 2.09. The third-order valence-electron chi connectivity index (χ3n) is 5.01. The van der Waals surface area contributed by atoms with Gasteiger partial charge >= 0.3 is 0 Å². The second-order valence-electron chi connectivity index (χ2n) is 6.61. The first-order valence-electron chi connectivity index (χ1n) is 8.75. The zero-order valence-corrected chi connectivity index (χ0v) is 15.4. The van der Waals surface area contributed by atoms with Crippen molar-refractivity contribution in [3.8, 4) is 0 Å². The van der Waals surface area contributed by atoms with Gasteiger partial charge in [0.15, 0.2) is 0 Å². The van der Waals surface area contributed by atoms with E-state index in [4.69, 9.17) is 4.98 Å². The SMILES string of the molecule is CCc1c(C)nc2n(c1=O)CN(CCO)CN2c1cccc(C)c1C. The van der Waals surface area contributed by atoms with Crippen molar-refractivity contribution < 1.29 is 5.11 Å². The molecule has 1 aromatic carbocycles. The van der Waals surface area contributed by atoms with Crippen LogP contribution < -0.4 is 10.5 Å². The smallest absolute Gasteiger partial charge is 0.259 e. The van der Waals surface area contributed by atoms with Crippen LogP contribution in [0.2, 0.25) is 0 Å². The monoisotopic (exact) mass is 342 g/mol. The minimum Gasteiger partial charge on any atom is -0.395 e. The van der Waals surface area contributed by atoms with Crippen molar-refractivity contribution >= 4 is 11.6 Å². The molecule has 0 saturated carbocycles. The van der Waals surface area contributed by atoms with Gasteiger partial charge in [-0.3, -0.25) is 19.2 Å². The van der Waals surface area contributed by atoms with Crippen molar-refractivity contribution in [3.05, 3.63) is 50.9 Å². The highest BCUT2D eigenvalue weighted by Gasteiger charge is 2.28. The zero-order valence-electron chi connectivity index (χ0n) is 15.4. The molecule has 6 heteroatoms. The number of aliphatic hydroxyl groups excluding tert-OH is 1. The molecule has 2 aromatic rings. The lowest BCUT2D eigenvalue weighted by Gasteiger charge is -2.39. The molecule has 3 rings (SSSR count). The first kappa shape index (κ1) is 17.6. The van der Waals surface area contributed by atoms with Crippen LogP contribution in [0.1, 0.15) is 29.3 Å². The maximum absolute atomic E-state index is 13.0. The molecule has 0 fully saturated rings. The highest BCUT2D eigenvalue weighted by atomic mass is 16.3. The summed E-state index contributed by atoms with van der Waals surface area (Å²) in [5.41, 5.74) is 4.99. The Morgan fingerprint density at radius 3 is 2.64 bits per heavy atom. The Bertz CT molecular complexity index is 844. The van der Waals surface area contributed by atoms with Crippen LogP contribution in [0.3, 0.4) is 0 Å². The highest BCUT2D eigenvalue weighted by molar-refractivity contribution is 5.64. The molecule has 1 aliphatic rings. The summed E-state index contributed by atoms with van der Waals surface area (Å²) in [5.74, 6) is 0.683. The lowest BCUT2D eigenvalue weighted by atomic mass is 10.1. The molecule has 0 radical (unpaired) electrons. The number of nitrogens with zero attached hydrogens (tertiary/aromatic N) is 4. The molecule has 6 nitrogen and oxygen atoms in total. The third-order valence-corrected chi connectivity index (χ3v) is 5.01. The van der Waals surface area contributed by atoms with Crippen molar-refractivity contribution in [1.82, 2.24) is 14.5 Å². The van der Waals surface area contributed by atoms with Gasteiger partial charge in [0.2, 0.25) is 5.95 Å². The second-order valence-corrected chi connectivity index (χ2v) is 6.61. The minimum atomic E-state index is 0.0166. The van der Waals surface area contributed by atoms with E-state index in [1.807, 2.05) is 19.9 Å². The maximum atomic E-state index is 13.0. The molecule has 2 heterocycles. The molecule has 1 N–H and O–H groups in total. The molecule has 0 amide bonds. The fourth-order valence-electron chi connectivity index (χ4n) is 3.43. The first-order chi connectivity index (χ1) is 12.0. The lowest BCUT2D eigenvalue weighted by molar-refractivity contribution is 0.152. The summed E-state index contributed by atoms with van der Waals surface area (Å²) in [6.07, 6.45) is 0.668. The number of benzene rings is 1. The van der Waals surface area contributed by atoms with Crippen molar-refractivity contribution in [2.24, 2.45) is 0 Å². The fourth-order valence-corrected chi connectivity index (χ4v) is 3.43. The van der Waals surface area contributed by atoms with Crippen molar-refractivity contribution in [3.63, 3.8) is 0 Å². The Labute approximate surface area is 148 Å². The Morgan fingerprint density at radius 1 is 1.20 bits per heavy atom. The van der Waals surface area contributed by atoms with Gasteiger partial charge in [-0.25, -0.2) is 4.98 Å². The molecule has 0 aliphatic carbocycles. The van der Waals surface area contributed by atoms with Crippen LogP contribution in [-0.2, 0) is 13.1 Å². The number of hydrogen-bond donors (Lipinski definition) is 1. The molecule has 0 saturated heterocycles. The molecule has 0 bridgehead atoms. The van der Waals surface area contributed by atoms with Crippen LogP contribution in [0.4, 0.5) is 11.6 Å². The molecular formula is C19H26N4O2. The summed E-state index contributed by atoms with van der Waals surface area (Å²) >= 11 is 0. The molecule has 0 spiro atoms. The van der Waals surface area contributed by atoms with Gasteiger partial charge in [-0.1, -0.05) is 19.1 Å². The second kappa shape index (κ2) is 6.98. The normalized spacial score (nSPS) is 14.7. The zero-order chi connectivity index (χ0) is 18.1. The van der Waals surface area contributed by atoms with Gasteiger partial charge in [0.1, 0.15) is 0 Å². The maximum Gasteiger partial charge on any atom is 0.259 e. The number of anilines is 2. The summed E-state index contributed by atoms with van der Waals surface area (Å²) in [6.45, 7) is 9.69. The lowest BCUT2D eigenvalue weighted by Crippen LogP contribution is -2.48. The summed E-state index contributed by atoms with van der Waals surface area (Å²) in [6, 6.07) is 6.17. The van der Waals surface area contributed by atoms with Gasteiger partial charge in [0.25, 0.3) is 5.56 Å². The number of aliphatic hydroxyl groups is 1. The van der Waals surface area contributed by atoms with Gasteiger partial charge in [-0.2, -0.15) is 0 Å². The van der Waals surface area contributed by atoms with E-state index in [2.05, 4.69) is 35.8 Å². The van der Waals surface area contributed by atoms with Crippen molar-refractivity contribution in [2.45, 2.75) is 40.8 Å². The summed E-state index contributed by atoms with van der Waals surface area (Å²) in [4.78, 5) is 21.9. The number of β-amino-alcohol motifs (C(OH)–C–C–N with tert-alkyl or cyclic N) is 1. The molecular weight excluding hydrogens is 316 g/mol. The molecule has 134 valence electrons. The van der Waals surface area contributed by atoms with Gasteiger partial charge in [-0.05, 0) is 44.4 Å². The van der Waals surface area contributed by atoms with Crippen LogP contribution in [-0.4, -0.2) is 39.4 Å². The van der Waals surface area contributed by atoms with E-state index in [0.29, 0.717) is 32.3 Å². The van der Waals surface area contributed by atoms with Gasteiger partial charge < -0.3 is 5.11 Å². The third kappa shape index (κ3) is 3.07. The van der Waals surface area contributed by atoms with Gasteiger partial charge in [-0.15, -0.1) is 0 Å². The number of hydrogen-bond acceptors (Lipinski definition) is 5. The highest BCUT2D eigenvalue weighted by Crippen LogP contribution is 2.31. The number of aryl methyl sites for hydroxylation is 2. The van der Waals surface area contributed by atoms with Crippen LogP contribution in [0.5, 0.6) is 0 Å². The Kier molecular flexibility index (Phi) is 4.92. The minimum absolute atomic E-state index is 0.0166. The number of aromatic nitrogens is 2. The fraction of sp³-hybridized carbons (Fsp3) is 0.474.